The van der Waals surface area contributed by atoms with E-state index >= 15 is 0 Å². The molecule has 2 unspecified atom stereocenters. The van der Waals surface area contributed by atoms with Gasteiger partial charge in [-0.05, 0) is 120 Å². The maximum absolute atomic E-state index is 12.0. The third-order valence-electron chi connectivity index (χ3n) is 12.0. The van der Waals surface area contributed by atoms with Crippen molar-refractivity contribution in [3.05, 3.63) is 22.8 Å². The first-order chi connectivity index (χ1) is 17.1. The molecule has 36 heavy (non-hydrogen) atoms. The van der Waals surface area contributed by atoms with E-state index in [1.54, 1.807) is 18.1 Å². The van der Waals surface area contributed by atoms with Gasteiger partial charge in [-0.25, -0.2) is 0 Å². The first-order valence-electron chi connectivity index (χ1n) is 15.0. The Bertz CT molecular complexity index is 919. The fourth-order valence-corrected chi connectivity index (χ4v) is 10.2. The second-order valence-electron chi connectivity index (χ2n) is 13.9. The first kappa shape index (κ1) is 26.5. The molecular formula is C32H52N2O2. The van der Waals surface area contributed by atoms with Crippen LogP contribution in [0.5, 0.6) is 0 Å². The third kappa shape index (κ3) is 4.23. The lowest BCUT2D eigenvalue weighted by atomic mass is 9.47. The van der Waals surface area contributed by atoms with E-state index in [0.717, 1.165) is 37.1 Å². The van der Waals surface area contributed by atoms with Gasteiger partial charge in [-0.15, -0.1) is 0 Å². The van der Waals surface area contributed by atoms with Crippen LogP contribution in [0.1, 0.15) is 99.3 Å². The number of rotatable bonds is 5. The lowest BCUT2D eigenvalue weighted by molar-refractivity contribution is -0.162. The van der Waals surface area contributed by atoms with Crippen LogP contribution in [0.2, 0.25) is 0 Å². The van der Waals surface area contributed by atoms with Crippen molar-refractivity contribution in [1.29, 1.82) is 0 Å². The molecule has 0 bridgehead atoms. The Hall–Kier alpha value is -1.13. The van der Waals surface area contributed by atoms with Crippen LogP contribution in [-0.2, 0) is 9.53 Å². The Morgan fingerprint density at radius 3 is 2.53 bits per heavy atom. The third-order valence-corrected chi connectivity index (χ3v) is 12.0. The largest absolute Gasteiger partial charge is 0.461 e. The number of esters is 1. The fraction of sp³-hybridized carbons (Fsp3) is 0.844. The maximum Gasteiger partial charge on any atom is 0.302 e. The second-order valence-corrected chi connectivity index (χ2v) is 13.9. The quantitative estimate of drug-likeness (QED) is 0.341. The second kappa shape index (κ2) is 9.88. The molecule has 0 amide bonds. The summed E-state index contributed by atoms with van der Waals surface area (Å²) in [6.45, 7) is 15.1. The minimum absolute atomic E-state index is 0.00288. The summed E-state index contributed by atoms with van der Waals surface area (Å²) in [7, 11) is 2.03. The summed E-state index contributed by atoms with van der Waals surface area (Å²) in [6, 6.07) is 0.875. The van der Waals surface area contributed by atoms with Crippen LogP contribution in [-0.4, -0.2) is 37.7 Å². The van der Waals surface area contributed by atoms with Crippen LogP contribution in [0.4, 0.5) is 0 Å². The molecule has 0 aromatic heterocycles. The van der Waals surface area contributed by atoms with Gasteiger partial charge in [-0.1, -0.05) is 43.6 Å². The standard InChI is InChI=1S/C32H52N2O2/c1-19(2)22-14-17-34-29(22)18-20(3)24-10-11-25-23-8-9-27-30(36-21(4)35)28(33-7)13-16-32(27,6)26(23)12-15-31(24,25)5/h8,20,24-30,33-34H,9-18H2,1-7H3/t20-,24+,25-,26?,27-,28+,29?,30+,31+,32+/m0/s1. The van der Waals surface area contributed by atoms with Crippen molar-refractivity contribution in [3.8, 4) is 0 Å². The number of likely N-dealkylation sites (N-methyl/N-ethyl adjacent to an activating group) is 1. The molecule has 4 aliphatic carbocycles. The van der Waals surface area contributed by atoms with E-state index in [2.05, 4.69) is 51.3 Å². The summed E-state index contributed by atoms with van der Waals surface area (Å²) in [5.41, 5.74) is 5.69. The molecule has 4 heteroatoms. The maximum atomic E-state index is 12.0. The van der Waals surface area contributed by atoms with E-state index in [4.69, 9.17) is 4.74 Å². The van der Waals surface area contributed by atoms with Gasteiger partial charge in [0.15, 0.2) is 0 Å². The van der Waals surface area contributed by atoms with Gasteiger partial charge < -0.3 is 15.4 Å². The summed E-state index contributed by atoms with van der Waals surface area (Å²) in [5.74, 6) is 3.29. The number of allylic oxidation sites excluding steroid dienone is 3. The van der Waals surface area contributed by atoms with Gasteiger partial charge in [0, 0.05) is 24.9 Å². The number of ether oxygens (including phenoxy) is 1. The number of carbonyl (C=O) groups is 1. The Morgan fingerprint density at radius 1 is 1.11 bits per heavy atom. The van der Waals surface area contributed by atoms with Gasteiger partial charge in [0.2, 0.25) is 0 Å². The summed E-state index contributed by atoms with van der Waals surface area (Å²) >= 11 is 0. The number of nitrogens with one attached hydrogen (secondary N) is 2. The van der Waals surface area contributed by atoms with Crippen LogP contribution in [0.25, 0.3) is 0 Å². The molecule has 4 fully saturated rings. The van der Waals surface area contributed by atoms with Crippen molar-refractivity contribution in [3.63, 3.8) is 0 Å². The molecule has 5 rings (SSSR count). The van der Waals surface area contributed by atoms with Gasteiger partial charge in [0.05, 0.1) is 0 Å². The van der Waals surface area contributed by atoms with Gasteiger partial charge in [-0.2, -0.15) is 0 Å². The summed E-state index contributed by atoms with van der Waals surface area (Å²) in [4.78, 5) is 12.0. The predicted octanol–water partition coefficient (Wildman–Crippen LogP) is 6.42. The SMILES string of the molecule is CN[C@@H]1CC[C@]2(C)C3CC[C@]4(C)[C@@H]([C@@H](C)CC5NCCC5=C(C)C)CC[C@H]4C3=CC[C@H]2[C@H]1OC(C)=O. The highest BCUT2D eigenvalue weighted by molar-refractivity contribution is 5.66. The molecule has 1 heterocycles. The Morgan fingerprint density at radius 2 is 1.83 bits per heavy atom. The van der Waals surface area contributed by atoms with Crippen LogP contribution in [0.3, 0.4) is 0 Å². The predicted molar refractivity (Wildman–Crippen MR) is 148 cm³/mol. The smallest absolute Gasteiger partial charge is 0.302 e. The average Bonchev–Trinajstić information content (AvgIpc) is 3.42. The molecule has 1 aliphatic heterocycles. The van der Waals surface area contributed by atoms with Crippen molar-refractivity contribution in [2.75, 3.05) is 13.6 Å². The number of hydrogen-bond acceptors (Lipinski definition) is 4. The highest BCUT2D eigenvalue weighted by Crippen LogP contribution is 2.67. The van der Waals surface area contributed by atoms with E-state index in [1.165, 1.54) is 50.5 Å². The van der Waals surface area contributed by atoms with Crippen LogP contribution in [0.15, 0.2) is 22.8 Å². The van der Waals surface area contributed by atoms with Gasteiger partial charge >= 0.3 is 5.97 Å². The van der Waals surface area contributed by atoms with Crippen LogP contribution in [0, 0.1) is 40.4 Å². The summed E-state index contributed by atoms with van der Waals surface area (Å²) in [6.07, 6.45) is 14.0. The van der Waals surface area contributed by atoms with Crippen LogP contribution >= 0.6 is 0 Å². The monoisotopic (exact) mass is 496 g/mol. The van der Waals surface area contributed by atoms with Crippen LogP contribution < -0.4 is 10.6 Å². The Labute approximate surface area is 220 Å². The zero-order valence-electron chi connectivity index (χ0n) is 24.1. The first-order valence-corrected chi connectivity index (χ1v) is 15.0. The van der Waals surface area contributed by atoms with E-state index in [1.807, 2.05) is 7.05 Å². The molecule has 3 saturated carbocycles. The van der Waals surface area contributed by atoms with Crippen molar-refractivity contribution < 1.29 is 9.53 Å². The van der Waals surface area contributed by atoms with Crippen molar-refractivity contribution >= 4 is 5.97 Å². The van der Waals surface area contributed by atoms with E-state index < -0.39 is 0 Å². The summed E-state index contributed by atoms with van der Waals surface area (Å²) in [5, 5.41) is 7.30. The highest BCUT2D eigenvalue weighted by Gasteiger charge is 2.60. The van der Waals surface area contributed by atoms with E-state index in [9.17, 15) is 4.79 Å². The molecule has 5 aliphatic rings. The topological polar surface area (TPSA) is 50.4 Å². The molecular weight excluding hydrogens is 444 g/mol. The molecule has 1 saturated heterocycles. The minimum Gasteiger partial charge on any atom is -0.461 e. The molecule has 0 radical (unpaired) electrons. The normalized spacial score (nSPS) is 44.8. The molecule has 0 aromatic rings. The number of carbonyl (C=O) groups excluding carboxylic acids is 1. The van der Waals surface area contributed by atoms with Gasteiger partial charge in [0.25, 0.3) is 0 Å². The average molecular weight is 497 g/mol. The van der Waals surface area contributed by atoms with Crippen molar-refractivity contribution in [2.45, 2.75) is 118 Å². The highest BCUT2D eigenvalue weighted by atomic mass is 16.5. The summed E-state index contributed by atoms with van der Waals surface area (Å²) < 4.78 is 6.01. The van der Waals surface area contributed by atoms with E-state index in [0.29, 0.717) is 23.3 Å². The zero-order valence-corrected chi connectivity index (χ0v) is 24.1. The van der Waals surface area contributed by atoms with Crippen molar-refractivity contribution in [2.24, 2.45) is 40.4 Å². The number of hydrogen-bond donors (Lipinski definition) is 2. The van der Waals surface area contributed by atoms with E-state index in [-0.39, 0.29) is 23.5 Å². The molecule has 4 nitrogen and oxygen atoms in total. The number of fused-ring (bicyclic) bond motifs is 5. The molecule has 2 N–H and O–H groups in total. The van der Waals surface area contributed by atoms with Gasteiger partial charge in [0.1, 0.15) is 6.10 Å². The molecule has 0 aromatic carbocycles. The fourth-order valence-electron chi connectivity index (χ4n) is 10.2. The zero-order chi connectivity index (χ0) is 25.8. The molecule has 0 spiro atoms. The van der Waals surface area contributed by atoms with Gasteiger partial charge in [-0.3, -0.25) is 4.79 Å². The minimum atomic E-state index is -0.129. The lowest BCUT2D eigenvalue weighted by Gasteiger charge is -2.59. The molecule has 10 atom stereocenters. The van der Waals surface area contributed by atoms with Crippen molar-refractivity contribution in [1.82, 2.24) is 10.6 Å². The lowest BCUT2D eigenvalue weighted by Crippen LogP contribution is -2.58. The molecule has 202 valence electrons. The Kier molecular flexibility index (Phi) is 7.26. The Balaban J connectivity index is 1.37.